The van der Waals surface area contributed by atoms with Crippen LogP contribution in [-0.2, 0) is 0 Å². The van der Waals surface area contributed by atoms with E-state index in [-0.39, 0.29) is 17.4 Å². The van der Waals surface area contributed by atoms with Crippen LogP contribution < -0.4 is 5.32 Å². The van der Waals surface area contributed by atoms with Crippen molar-refractivity contribution in [1.82, 2.24) is 0 Å². The average Bonchev–Trinajstić information content (AvgIpc) is 2.39. The molecule has 0 radical (unpaired) electrons. The van der Waals surface area contributed by atoms with Gasteiger partial charge in [0.1, 0.15) is 5.69 Å². The van der Waals surface area contributed by atoms with Crippen molar-refractivity contribution in [3.63, 3.8) is 0 Å². The Hall–Kier alpha value is -2.18. The lowest BCUT2D eigenvalue weighted by molar-refractivity contribution is -0.393. The second-order valence-electron chi connectivity index (χ2n) is 4.69. The van der Waals surface area contributed by atoms with Crippen molar-refractivity contribution in [2.24, 2.45) is 0 Å². The quantitative estimate of drug-likeness (QED) is 0.665. The number of nitro groups is 2. The van der Waals surface area contributed by atoms with Crippen molar-refractivity contribution in [3.05, 3.63) is 38.4 Å². The number of non-ortho nitro benzene ring substituents is 1. The lowest BCUT2D eigenvalue weighted by atomic mass is 9.95. The van der Waals surface area contributed by atoms with Gasteiger partial charge in [-0.2, -0.15) is 0 Å². The summed E-state index contributed by atoms with van der Waals surface area (Å²) < 4.78 is 0. The lowest BCUT2D eigenvalue weighted by Gasteiger charge is -2.23. The van der Waals surface area contributed by atoms with E-state index in [1.165, 1.54) is 18.6 Å². The highest BCUT2D eigenvalue weighted by Gasteiger charge is 2.22. The van der Waals surface area contributed by atoms with Crippen LogP contribution >= 0.6 is 0 Å². The van der Waals surface area contributed by atoms with Gasteiger partial charge in [-0.05, 0) is 18.9 Å². The fourth-order valence-corrected chi connectivity index (χ4v) is 2.37. The van der Waals surface area contributed by atoms with Crippen LogP contribution in [0.15, 0.2) is 18.2 Å². The number of rotatable bonds is 4. The van der Waals surface area contributed by atoms with Crippen molar-refractivity contribution in [2.45, 2.75) is 38.1 Å². The molecule has 19 heavy (non-hydrogen) atoms. The van der Waals surface area contributed by atoms with Crippen LogP contribution in [0.1, 0.15) is 32.1 Å². The number of anilines is 1. The SMILES string of the molecule is O=[N+]([O-])c1ccc(NC2CCCCC2)c([N+](=O)[O-])c1. The van der Waals surface area contributed by atoms with Crippen LogP contribution in [0.3, 0.4) is 0 Å². The van der Waals surface area contributed by atoms with Crippen LogP contribution in [0.5, 0.6) is 0 Å². The molecule has 7 heteroatoms. The number of benzene rings is 1. The normalized spacial score (nSPS) is 16.0. The molecule has 0 aromatic heterocycles. The van der Waals surface area contributed by atoms with E-state index in [1.54, 1.807) is 0 Å². The average molecular weight is 265 g/mol. The Kier molecular flexibility index (Phi) is 3.94. The van der Waals surface area contributed by atoms with Gasteiger partial charge >= 0.3 is 0 Å². The monoisotopic (exact) mass is 265 g/mol. The second kappa shape index (κ2) is 5.64. The molecule has 7 nitrogen and oxygen atoms in total. The zero-order valence-corrected chi connectivity index (χ0v) is 10.4. The van der Waals surface area contributed by atoms with Gasteiger partial charge in [0, 0.05) is 12.1 Å². The fraction of sp³-hybridized carbons (Fsp3) is 0.500. The molecule has 0 unspecified atom stereocenters. The van der Waals surface area contributed by atoms with E-state index in [0.717, 1.165) is 31.7 Å². The van der Waals surface area contributed by atoms with Crippen molar-refractivity contribution in [3.8, 4) is 0 Å². The number of hydrogen-bond donors (Lipinski definition) is 1. The van der Waals surface area contributed by atoms with Crippen LogP contribution in [-0.4, -0.2) is 15.9 Å². The molecule has 1 aromatic carbocycles. The Morgan fingerprint density at radius 3 is 2.32 bits per heavy atom. The molecule has 0 bridgehead atoms. The van der Waals surface area contributed by atoms with Crippen molar-refractivity contribution >= 4 is 17.1 Å². The molecule has 0 spiro atoms. The summed E-state index contributed by atoms with van der Waals surface area (Å²) in [4.78, 5) is 20.4. The topological polar surface area (TPSA) is 98.3 Å². The first-order chi connectivity index (χ1) is 9.08. The molecule has 102 valence electrons. The molecule has 1 aliphatic carbocycles. The minimum absolute atomic E-state index is 0.217. The first-order valence-electron chi connectivity index (χ1n) is 6.27. The van der Waals surface area contributed by atoms with Crippen LogP contribution in [0, 0.1) is 20.2 Å². The fourth-order valence-electron chi connectivity index (χ4n) is 2.37. The summed E-state index contributed by atoms with van der Waals surface area (Å²) in [7, 11) is 0. The van der Waals surface area contributed by atoms with E-state index in [4.69, 9.17) is 0 Å². The van der Waals surface area contributed by atoms with E-state index in [0.29, 0.717) is 5.69 Å². The van der Waals surface area contributed by atoms with Crippen LogP contribution in [0.25, 0.3) is 0 Å². The van der Waals surface area contributed by atoms with Gasteiger partial charge in [-0.1, -0.05) is 19.3 Å². The van der Waals surface area contributed by atoms with Gasteiger partial charge in [0.2, 0.25) is 0 Å². The summed E-state index contributed by atoms with van der Waals surface area (Å²) in [5.74, 6) is 0. The molecule has 1 fully saturated rings. The van der Waals surface area contributed by atoms with Gasteiger partial charge in [0.25, 0.3) is 11.4 Å². The van der Waals surface area contributed by atoms with Crippen molar-refractivity contribution in [1.29, 1.82) is 0 Å². The zero-order valence-electron chi connectivity index (χ0n) is 10.4. The Labute approximate surface area is 109 Å². The van der Waals surface area contributed by atoms with E-state index in [9.17, 15) is 20.2 Å². The largest absolute Gasteiger partial charge is 0.377 e. The van der Waals surface area contributed by atoms with Gasteiger partial charge in [0.05, 0.1) is 15.9 Å². The predicted octanol–water partition coefficient (Wildman–Crippen LogP) is 3.25. The maximum atomic E-state index is 11.0. The van der Waals surface area contributed by atoms with Gasteiger partial charge in [-0.15, -0.1) is 0 Å². The molecule has 0 atom stereocenters. The van der Waals surface area contributed by atoms with Crippen molar-refractivity contribution in [2.75, 3.05) is 5.32 Å². The first-order valence-corrected chi connectivity index (χ1v) is 6.27. The molecule has 1 saturated carbocycles. The zero-order chi connectivity index (χ0) is 13.8. The van der Waals surface area contributed by atoms with Gasteiger partial charge < -0.3 is 5.32 Å². The third kappa shape index (κ3) is 3.18. The standard InChI is InChI=1S/C12H15N3O4/c16-14(17)10-6-7-11(12(8-10)15(18)19)13-9-4-2-1-3-5-9/h6-9,13H,1-5H2. The minimum atomic E-state index is -0.628. The van der Waals surface area contributed by atoms with Crippen LogP contribution in [0.4, 0.5) is 17.1 Å². The van der Waals surface area contributed by atoms with Gasteiger partial charge in [-0.25, -0.2) is 0 Å². The van der Waals surface area contributed by atoms with Crippen LogP contribution in [0.2, 0.25) is 0 Å². The molecule has 1 N–H and O–H groups in total. The molecule has 0 heterocycles. The molecule has 2 rings (SSSR count). The van der Waals surface area contributed by atoms with E-state index in [1.807, 2.05) is 0 Å². The summed E-state index contributed by atoms with van der Waals surface area (Å²) in [6.07, 6.45) is 5.37. The maximum absolute atomic E-state index is 11.0. The summed E-state index contributed by atoms with van der Waals surface area (Å²) in [5.41, 5.74) is -0.136. The van der Waals surface area contributed by atoms with E-state index < -0.39 is 9.85 Å². The highest BCUT2D eigenvalue weighted by atomic mass is 16.6. The summed E-state index contributed by atoms with van der Waals surface area (Å²) in [5, 5.41) is 24.8. The number of hydrogen-bond acceptors (Lipinski definition) is 5. The molecule has 0 amide bonds. The van der Waals surface area contributed by atoms with E-state index in [2.05, 4.69) is 5.32 Å². The molecular weight excluding hydrogens is 250 g/mol. The Morgan fingerprint density at radius 2 is 1.74 bits per heavy atom. The summed E-state index contributed by atoms with van der Waals surface area (Å²) >= 11 is 0. The second-order valence-corrected chi connectivity index (χ2v) is 4.69. The molecule has 0 saturated heterocycles. The highest BCUT2D eigenvalue weighted by molar-refractivity contribution is 5.65. The Bertz CT molecular complexity index is 498. The lowest BCUT2D eigenvalue weighted by Crippen LogP contribution is -2.22. The number of nitro benzene ring substituents is 2. The first kappa shape index (κ1) is 13.3. The minimum Gasteiger partial charge on any atom is -0.377 e. The molecule has 0 aliphatic heterocycles. The smallest absolute Gasteiger partial charge is 0.299 e. The highest BCUT2D eigenvalue weighted by Crippen LogP contribution is 2.31. The predicted molar refractivity (Wildman–Crippen MR) is 70.2 cm³/mol. The summed E-state index contributed by atoms with van der Waals surface area (Å²) in [6, 6.07) is 3.93. The summed E-state index contributed by atoms with van der Waals surface area (Å²) in [6.45, 7) is 0. The molecule has 1 aromatic rings. The third-order valence-electron chi connectivity index (χ3n) is 3.35. The Balaban J connectivity index is 2.23. The number of nitrogens with one attached hydrogen (secondary N) is 1. The molecular formula is C12H15N3O4. The maximum Gasteiger partial charge on any atom is 0.299 e. The van der Waals surface area contributed by atoms with E-state index >= 15 is 0 Å². The van der Waals surface area contributed by atoms with Gasteiger partial charge in [-0.3, -0.25) is 20.2 Å². The third-order valence-corrected chi connectivity index (χ3v) is 3.35. The number of nitrogens with zero attached hydrogens (tertiary/aromatic N) is 2. The van der Waals surface area contributed by atoms with Gasteiger partial charge in [0.15, 0.2) is 0 Å². The van der Waals surface area contributed by atoms with Crippen molar-refractivity contribution < 1.29 is 9.85 Å². The molecule has 1 aliphatic rings. The Morgan fingerprint density at radius 1 is 1.05 bits per heavy atom.